The summed E-state index contributed by atoms with van der Waals surface area (Å²) >= 11 is 0. The Morgan fingerprint density at radius 3 is 2.20 bits per heavy atom. The van der Waals surface area contributed by atoms with Crippen LogP contribution in [0.2, 0.25) is 0 Å². The fourth-order valence-corrected chi connectivity index (χ4v) is 2.45. The van der Waals surface area contributed by atoms with Crippen LogP contribution in [0.5, 0.6) is 0 Å². The van der Waals surface area contributed by atoms with Crippen molar-refractivity contribution in [3.63, 3.8) is 0 Å². The van der Waals surface area contributed by atoms with E-state index >= 15 is 0 Å². The van der Waals surface area contributed by atoms with Crippen molar-refractivity contribution in [3.05, 3.63) is 54.1 Å². The van der Waals surface area contributed by atoms with Gasteiger partial charge in [-0.25, -0.2) is 8.42 Å². The molecule has 0 fully saturated rings. The third kappa shape index (κ3) is 3.36. The quantitative estimate of drug-likeness (QED) is 0.900. The second kappa shape index (κ2) is 5.34. The smallest absolute Gasteiger partial charge is 0.249 e. The number of sulfonamides is 1. The van der Waals surface area contributed by atoms with E-state index in [2.05, 4.69) is 4.72 Å². The van der Waals surface area contributed by atoms with Gasteiger partial charge in [-0.15, -0.1) is 0 Å². The van der Waals surface area contributed by atoms with E-state index in [1.165, 1.54) is 0 Å². The summed E-state index contributed by atoms with van der Waals surface area (Å²) in [5.41, 5.74) is 7.73. The summed E-state index contributed by atoms with van der Waals surface area (Å²) in [7, 11) is -3.30. The fourth-order valence-electron chi connectivity index (χ4n) is 1.88. The van der Waals surface area contributed by atoms with Gasteiger partial charge >= 0.3 is 0 Å². The minimum Gasteiger partial charge on any atom is -0.366 e. The van der Waals surface area contributed by atoms with Crippen LogP contribution in [0.15, 0.2) is 48.5 Å². The van der Waals surface area contributed by atoms with E-state index in [9.17, 15) is 13.2 Å². The highest BCUT2D eigenvalue weighted by atomic mass is 32.2. The van der Waals surface area contributed by atoms with E-state index < -0.39 is 15.9 Å². The Balaban J connectivity index is 2.38. The maximum atomic E-state index is 11.4. The lowest BCUT2D eigenvalue weighted by Crippen LogP contribution is -2.12. The molecule has 0 spiro atoms. The Kier molecular flexibility index (Phi) is 3.76. The van der Waals surface area contributed by atoms with Gasteiger partial charge in [0.1, 0.15) is 0 Å². The van der Waals surface area contributed by atoms with Gasteiger partial charge in [-0.2, -0.15) is 0 Å². The highest BCUT2D eigenvalue weighted by Gasteiger charge is 2.09. The summed E-state index contributed by atoms with van der Waals surface area (Å²) < 4.78 is 24.6. The number of anilines is 1. The second-order valence-corrected chi connectivity index (χ2v) is 6.11. The first-order chi connectivity index (χ1) is 9.37. The molecule has 20 heavy (non-hydrogen) atoms. The van der Waals surface area contributed by atoms with Gasteiger partial charge in [0.05, 0.1) is 6.26 Å². The van der Waals surface area contributed by atoms with Crippen LogP contribution in [0.4, 0.5) is 5.69 Å². The lowest BCUT2D eigenvalue weighted by molar-refractivity contribution is 0.100. The average Bonchev–Trinajstić information content (AvgIpc) is 2.38. The van der Waals surface area contributed by atoms with Crippen LogP contribution in [0.25, 0.3) is 11.1 Å². The average molecular weight is 290 g/mol. The van der Waals surface area contributed by atoms with E-state index in [1.807, 2.05) is 6.07 Å². The van der Waals surface area contributed by atoms with E-state index in [-0.39, 0.29) is 0 Å². The third-order valence-electron chi connectivity index (χ3n) is 2.69. The zero-order valence-corrected chi connectivity index (χ0v) is 11.6. The lowest BCUT2D eigenvalue weighted by atomic mass is 9.99. The lowest BCUT2D eigenvalue weighted by Gasteiger charge is -2.08. The molecule has 0 atom stereocenters. The largest absolute Gasteiger partial charge is 0.366 e. The standard InChI is InChI=1S/C14H14N2O3S/c1-20(18,19)16-11-8-6-10(7-9-11)12-4-2-3-5-13(12)14(15)17/h2-9,16H,1H3,(H2,15,17). The summed E-state index contributed by atoms with van der Waals surface area (Å²) in [6, 6.07) is 13.7. The van der Waals surface area contributed by atoms with Crippen LogP contribution in [0, 0.1) is 0 Å². The third-order valence-corrected chi connectivity index (χ3v) is 3.30. The summed E-state index contributed by atoms with van der Waals surface area (Å²) in [4.78, 5) is 11.4. The number of nitrogens with one attached hydrogen (secondary N) is 1. The molecule has 2 aromatic carbocycles. The number of primary amides is 1. The highest BCUT2D eigenvalue weighted by Crippen LogP contribution is 2.25. The zero-order chi connectivity index (χ0) is 14.8. The van der Waals surface area contributed by atoms with Gasteiger partial charge in [-0.05, 0) is 29.3 Å². The molecule has 6 heteroatoms. The van der Waals surface area contributed by atoms with Gasteiger partial charge in [0, 0.05) is 11.3 Å². The van der Waals surface area contributed by atoms with Crippen molar-refractivity contribution in [2.75, 3.05) is 11.0 Å². The molecule has 0 aliphatic heterocycles. The minimum absolute atomic E-state index is 0.427. The number of benzene rings is 2. The van der Waals surface area contributed by atoms with Crippen molar-refractivity contribution < 1.29 is 13.2 Å². The normalized spacial score (nSPS) is 11.1. The SMILES string of the molecule is CS(=O)(=O)Nc1ccc(-c2ccccc2C(N)=O)cc1. The second-order valence-electron chi connectivity index (χ2n) is 4.36. The molecule has 5 nitrogen and oxygen atoms in total. The van der Waals surface area contributed by atoms with Gasteiger partial charge in [-0.1, -0.05) is 30.3 Å². The monoisotopic (exact) mass is 290 g/mol. The molecule has 0 unspecified atom stereocenters. The van der Waals surface area contributed by atoms with E-state index in [1.54, 1.807) is 42.5 Å². The number of carbonyl (C=O) groups excluding carboxylic acids is 1. The van der Waals surface area contributed by atoms with Gasteiger partial charge in [0.15, 0.2) is 0 Å². The van der Waals surface area contributed by atoms with Crippen molar-refractivity contribution in [3.8, 4) is 11.1 Å². The first kappa shape index (κ1) is 14.1. The van der Waals surface area contributed by atoms with Crippen LogP contribution in [0.3, 0.4) is 0 Å². The summed E-state index contributed by atoms with van der Waals surface area (Å²) in [5, 5.41) is 0. The first-order valence-corrected chi connectivity index (χ1v) is 7.73. The van der Waals surface area contributed by atoms with Crippen molar-refractivity contribution >= 4 is 21.6 Å². The Morgan fingerprint density at radius 1 is 1.05 bits per heavy atom. The van der Waals surface area contributed by atoms with Gasteiger partial charge in [-0.3, -0.25) is 9.52 Å². The molecule has 2 aromatic rings. The zero-order valence-electron chi connectivity index (χ0n) is 10.8. The summed E-state index contributed by atoms with van der Waals surface area (Å²) in [6.07, 6.45) is 1.09. The summed E-state index contributed by atoms with van der Waals surface area (Å²) in [6.45, 7) is 0. The predicted octanol–water partition coefficient (Wildman–Crippen LogP) is 1.82. The molecule has 0 aliphatic carbocycles. The molecule has 0 aliphatic rings. The topological polar surface area (TPSA) is 89.3 Å². The number of hydrogen-bond donors (Lipinski definition) is 2. The summed E-state index contributed by atoms with van der Waals surface area (Å²) in [5.74, 6) is -0.501. The molecule has 0 saturated heterocycles. The maximum absolute atomic E-state index is 11.4. The van der Waals surface area contributed by atoms with Crippen molar-refractivity contribution in [1.82, 2.24) is 0 Å². The van der Waals surface area contributed by atoms with Crippen LogP contribution >= 0.6 is 0 Å². The number of hydrogen-bond acceptors (Lipinski definition) is 3. The van der Waals surface area contributed by atoms with Crippen LogP contribution < -0.4 is 10.5 Å². The molecular weight excluding hydrogens is 276 g/mol. The van der Waals surface area contributed by atoms with E-state index in [4.69, 9.17) is 5.73 Å². The van der Waals surface area contributed by atoms with Crippen LogP contribution in [-0.2, 0) is 10.0 Å². The number of rotatable bonds is 4. The van der Waals surface area contributed by atoms with Crippen LogP contribution in [-0.4, -0.2) is 20.6 Å². The van der Waals surface area contributed by atoms with Gasteiger partial charge in [0.25, 0.3) is 0 Å². The van der Waals surface area contributed by atoms with Crippen molar-refractivity contribution in [2.45, 2.75) is 0 Å². The molecule has 0 aromatic heterocycles. The Morgan fingerprint density at radius 2 is 1.65 bits per heavy atom. The number of nitrogens with two attached hydrogens (primary N) is 1. The Hall–Kier alpha value is -2.34. The Labute approximate surface area is 117 Å². The molecule has 104 valence electrons. The molecule has 0 saturated carbocycles. The molecule has 0 radical (unpaired) electrons. The fraction of sp³-hybridized carbons (Fsp3) is 0.0714. The highest BCUT2D eigenvalue weighted by molar-refractivity contribution is 7.92. The van der Waals surface area contributed by atoms with Crippen molar-refractivity contribution in [1.29, 1.82) is 0 Å². The minimum atomic E-state index is -3.30. The van der Waals surface area contributed by atoms with Crippen LogP contribution in [0.1, 0.15) is 10.4 Å². The number of carbonyl (C=O) groups is 1. The van der Waals surface area contributed by atoms with Gasteiger partial charge in [0.2, 0.25) is 15.9 Å². The molecule has 0 heterocycles. The molecular formula is C14H14N2O3S. The van der Waals surface area contributed by atoms with E-state index in [0.29, 0.717) is 16.8 Å². The van der Waals surface area contributed by atoms with Crippen molar-refractivity contribution in [2.24, 2.45) is 5.73 Å². The Bertz CT molecular complexity index is 737. The maximum Gasteiger partial charge on any atom is 0.249 e. The molecule has 1 amide bonds. The molecule has 0 bridgehead atoms. The van der Waals surface area contributed by atoms with Gasteiger partial charge < -0.3 is 5.73 Å². The predicted molar refractivity (Wildman–Crippen MR) is 78.9 cm³/mol. The van der Waals surface area contributed by atoms with E-state index in [0.717, 1.165) is 11.8 Å². The molecule has 3 N–H and O–H groups in total. The first-order valence-electron chi connectivity index (χ1n) is 5.84. The number of amides is 1. The molecule has 2 rings (SSSR count).